The fraction of sp³-hybridized carbons (Fsp3) is 0.905. The molecular formula is C21H23F21N4O7. The minimum atomic E-state index is -7.11. The summed E-state index contributed by atoms with van der Waals surface area (Å²) in [5.41, 5.74) is 0. The summed E-state index contributed by atoms with van der Waals surface area (Å²) in [5.74, 6) is -12.8. The van der Waals surface area contributed by atoms with Crippen LogP contribution in [0.15, 0.2) is 0 Å². The highest BCUT2D eigenvalue weighted by Gasteiger charge is 2.77. The molecule has 4 atom stereocenters. The molecule has 0 aromatic carbocycles. The zero-order valence-corrected chi connectivity index (χ0v) is 25.4. The highest BCUT2D eigenvalue weighted by Crippen LogP contribution is 2.49. The van der Waals surface area contributed by atoms with E-state index in [9.17, 15) is 102 Å². The van der Waals surface area contributed by atoms with Gasteiger partial charge in [0, 0.05) is 20.2 Å². The number of alkyl halides is 21. The molecule has 0 aliphatic carbocycles. The Hall–Kier alpha value is -3.13. The predicted molar refractivity (Wildman–Crippen MR) is 124 cm³/mol. The number of halogens is 21. The molecule has 11 nitrogen and oxygen atoms in total. The van der Waals surface area contributed by atoms with Crippen molar-refractivity contribution in [2.45, 2.75) is 67.0 Å². The van der Waals surface area contributed by atoms with Crippen molar-refractivity contribution in [1.29, 1.82) is 0 Å². The molecule has 0 saturated heterocycles. The summed E-state index contributed by atoms with van der Waals surface area (Å²) < 4.78 is 290. The molecule has 0 aromatic rings. The van der Waals surface area contributed by atoms with Crippen LogP contribution in [-0.4, -0.2) is 132 Å². The lowest BCUT2D eigenvalue weighted by Crippen LogP contribution is -2.62. The largest absolute Gasteiger partial charge is 0.457 e. The Morgan fingerprint density at radius 1 is 0.528 bits per heavy atom. The molecule has 0 bridgehead atoms. The van der Waals surface area contributed by atoms with Crippen LogP contribution in [0.1, 0.15) is 0 Å². The molecule has 4 amide bonds. The van der Waals surface area contributed by atoms with Gasteiger partial charge in [0.05, 0.1) is 26.3 Å². The van der Waals surface area contributed by atoms with Gasteiger partial charge in [-0.05, 0) is 0 Å². The van der Waals surface area contributed by atoms with Gasteiger partial charge in [-0.3, -0.25) is 0 Å². The van der Waals surface area contributed by atoms with Gasteiger partial charge in [0.15, 0.2) is 12.2 Å². The molecule has 32 heteroatoms. The van der Waals surface area contributed by atoms with Crippen LogP contribution in [-0.2, 0) is 23.7 Å². The van der Waals surface area contributed by atoms with Crippen molar-refractivity contribution in [2.24, 2.45) is 0 Å². The molecule has 53 heavy (non-hydrogen) atoms. The Labute approximate surface area is 280 Å². The number of hydrogen-bond donors (Lipinski definition) is 4. The van der Waals surface area contributed by atoms with Crippen LogP contribution >= 0.6 is 0 Å². The van der Waals surface area contributed by atoms with E-state index in [1.54, 1.807) is 10.6 Å². The third-order valence-electron chi connectivity index (χ3n) is 5.46. The first-order chi connectivity index (χ1) is 23.5. The molecule has 0 heterocycles. The monoisotopic (exact) mass is 842 g/mol. The number of carbonyl (C=O) groups excluding carboxylic acids is 2. The maximum Gasteiger partial charge on any atom is 0.457 e. The third-order valence-corrected chi connectivity index (χ3v) is 5.46. The molecule has 0 saturated carbocycles. The minimum Gasteiger partial charge on any atom is -0.378 e. The molecule has 4 unspecified atom stereocenters. The number of urea groups is 2. The Morgan fingerprint density at radius 2 is 0.868 bits per heavy atom. The van der Waals surface area contributed by atoms with E-state index >= 15 is 0 Å². The van der Waals surface area contributed by atoms with E-state index in [4.69, 9.17) is 4.74 Å². The van der Waals surface area contributed by atoms with E-state index in [-0.39, 0.29) is 7.11 Å². The molecular weight excluding hydrogens is 819 g/mol. The number of ether oxygens (including phenoxy) is 5. The van der Waals surface area contributed by atoms with Crippen LogP contribution in [0.3, 0.4) is 0 Å². The molecule has 316 valence electrons. The van der Waals surface area contributed by atoms with E-state index in [0.717, 1.165) is 5.32 Å². The molecule has 0 fully saturated rings. The van der Waals surface area contributed by atoms with E-state index in [1.807, 2.05) is 0 Å². The lowest BCUT2D eigenvalue weighted by molar-refractivity contribution is -0.479. The zero-order chi connectivity index (χ0) is 42.1. The van der Waals surface area contributed by atoms with Gasteiger partial charge in [-0.1, -0.05) is 0 Å². The second-order valence-electron chi connectivity index (χ2n) is 9.51. The Balaban J connectivity index is 4.94. The van der Waals surface area contributed by atoms with Crippen LogP contribution in [0.4, 0.5) is 102 Å². The minimum absolute atomic E-state index is 0.262. The normalized spacial score (nSPS) is 17.3. The third kappa shape index (κ3) is 14.9. The van der Waals surface area contributed by atoms with Gasteiger partial charge in [0.2, 0.25) is 0 Å². The Kier molecular flexibility index (Phi) is 16.9. The second kappa shape index (κ2) is 18.0. The summed E-state index contributed by atoms with van der Waals surface area (Å²) in [6, 6.07) is -3.37. The standard InChI is InChI=1S/C21H23F21N4O7/c1-49-16(31,18(33,34)35)20(39,40)52-9(14(25,26)27)6-45-11(47)43-2-4-50-5-3-44-12(48)46-7-10(15(28,29)30)53-21(41,42)17(32,19(36,37)38)51-8-13(22,23)24/h9-10H,2-8H2,1H3,(H2,43,45,47)(H2,44,46,48). The van der Waals surface area contributed by atoms with Crippen molar-refractivity contribution in [2.75, 3.05) is 53.1 Å². The quantitative estimate of drug-likeness (QED) is 0.102. The fourth-order valence-electron chi connectivity index (χ4n) is 2.94. The van der Waals surface area contributed by atoms with Gasteiger partial charge >= 0.3 is 66.9 Å². The summed E-state index contributed by atoms with van der Waals surface area (Å²) in [6.45, 7) is -10.3. The van der Waals surface area contributed by atoms with Gasteiger partial charge in [-0.2, -0.15) is 92.2 Å². The molecule has 0 spiro atoms. The molecule has 0 aliphatic rings. The average Bonchev–Trinajstić information content (AvgIpc) is 2.96. The summed E-state index contributed by atoms with van der Waals surface area (Å²) in [6.07, 6.45) is -52.9. The van der Waals surface area contributed by atoms with Crippen LogP contribution in [0, 0.1) is 0 Å². The highest BCUT2D eigenvalue weighted by atomic mass is 19.4. The van der Waals surface area contributed by atoms with Crippen LogP contribution in [0.25, 0.3) is 0 Å². The lowest BCUT2D eigenvalue weighted by Gasteiger charge is -2.36. The molecule has 0 rings (SSSR count). The Bertz CT molecular complexity index is 1160. The molecule has 0 aromatic heterocycles. The maximum absolute atomic E-state index is 14.0. The first-order valence-electron chi connectivity index (χ1n) is 13.1. The lowest BCUT2D eigenvalue weighted by atomic mass is 10.2. The van der Waals surface area contributed by atoms with Crippen molar-refractivity contribution in [3.63, 3.8) is 0 Å². The van der Waals surface area contributed by atoms with E-state index in [1.165, 1.54) is 5.32 Å². The van der Waals surface area contributed by atoms with Crippen molar-refractivity contribution >= 4 is 12.1 Å². The van der Waals surface area contributed by atoms with E-state index in [2.05, 4.69) is 18.9 Å². The molecule has 0 aliphatic heterocycles. The number of amides is 4. The van der Waals surface area contributed by atoms with E-state index < -0.39 is 125 Å². The van der Waals surface area contributed by atoms with Crippen LogP contribution < -0.4 is 21.3 Å². The predicted octanol–water partition coefficient (Wildman–Crippen LogP) is 5.36. The maximum atomic E-state index is 14.0. The Morgan fingerprint density at radius 3 is 1.15 bits per heavy atom. The van der Waals surface area contributed by atoms with Gasteiger partial charge in [0.1, 0.15) is 6.61 Å². The summed E-state index contributed by atoms with van der Waals surface area (Å²) in [4.78, 5) is 23.2. The van der Waals surface area contributed by atoms with Gasteiger partial charge in [-0.25, -0.2) is 9.59 Å². The number of methoxy groups -OCH3 is 1. The van der Waals surface area contributed by atoms with Crippen LogP contribution in [0.2, 0.25) is 0 Å². The SMILES string of the molecule is COC(F)(C(F)(F)F)C(F)(F)OC(CNC(=O)NCCOCCNC(=O)NCC(OC(F)(F)C(F)(OCC(F)(F)F)C(F)(F)F)C(F)(F)F)C(F)(F)F. The van der Waals surface area contributed by atoms with E-state index in [0.29, 0.717) is 0 Å². The smallest absolute Gasteiger partial charge is 0.378 e. The summed E-state index contributed by atoms with van der Waals surface area (Å²) in [7, 11) is -0.262. The summed E-state index contributed by atoms with van der Waals surface area (Å²) >= 11 is 0. The van der Waals surface area contributed by atoms with Crippen molar-refractivity contribution in [1.82, 2.24) is 21.3 Å². The highest BCUT2D eigenvalue weighted by molar-refractivity contribution is 5.74. The first-order valence-corrected chi connectivity index (χ1v) is 13.1. The first kappa shape index (κ1) is 49.9. The number of hydrogen-bond acceptors (Lipinski definition) is 7. The number of carbonyl (C=O) groups is 2. The number of nitrogens with one attached hydrogen (secondary N) is 4. The van der Waals surface area contributed by atoms with Gasteiger partial charge < -0.3 is 45.0 Å². The van der Waals surface area contributed by atoms with Crippen LogP contribution in [0.5, 0.6) is 0 Å². The zero-order valence-electron chi connectivity index (χ0n) is 25.4. The van der Waals surface area contributed by atoms with Gasteiger partial charge in [0.25, 0.3) is 0 Å². The van der Waals surface area contributed by atoms with Crippen molar-refractivity contribution in [3.8, 4) is 0 Å². The molecule has 4 N–H and O–H groups in total. The fourth-order valence-corrected chi connectivity index (χ4v) is 2.94. The average molecular weight is 842 g/mol. The summed E-state index contributed by atoms with van der Waals surface area (Å²) in [5, 5.41) is 5.77. The van der Waals surface area contributed by atoms with Crippen molar-refractivity contribution in [3.05, 3.63) is 0 Å². The number of rotatable bonds is 19. The topological polar surface area (TPSA) is 128 Å². The second-order valence-corrected chi connectivity index (χ2v) is 9.51. The van der Waals surface area contributed by atoms with Gasteiger partial charge in [-0.15, -0.1) is 0 Å². The molecule has 0 radical (unpaired) electrons. The van der Waals surface area contributed by atoms with Crippen molar-refractivity contribution < 1.29 is 125 Å².